The van der Waals surface area contributed by atoms with Gasteiger partial charge in [0.15, 0.2) is 0 Å². The summed E-state index contributed by atoms with van der Waals surface area (Å²) in [6.07, 6.45) is -0.249. The van der Waals surface area contributed by atoms with Gasteiger partial charge >= 0.3 is 0 Å². The van der Waals surface area contributed by atoms with Gasteiger partial charge in [-0.05, 0) is 17.4 Å². The molecule has 0 bridgehead atoms. The molecule has 1 aromatic rings. The van der Waals surface area contributed by atoms with Gasteiger partial charge in [-0.2, -0.15) is 0 Å². The summed E-state index contributed by atoms with van der Waals surface area (Å²) in [6, 6.07) is 5.28. The third kappa shape index (κ3) is 2.61. The fourth-order valence-electron chi connectivity index (χ4n) is 0.921. The highest BCUT2D eigenvalue weighted by Gasteiger charge is 2.16. The average Bonchev–Trinajstić information content (AvgIpc) is 2.18. The standard InChI is InChI=1S/C8H10BrO2PS/c9-7-1-3-8(4-2-7)12(13,5-10)6-11/h1-4,10-11H,5-6H2. The first-order valence-corrected chi connectivity index (χ1v) is 7.65. The third-order valence-corrected chi connectivity index (χ3v) is 5.76. The van der Waals surface area contributed by atoms with E-state index in [1.165, 1.54) is 0 Å². The number of hydrogen-bond donors (Lipinski definition) is 2. The Morgan fingerprint density at radius 1 is 1.15 bits per heavy atom. The molecule has 0 atom stereocenters. The Kier molecular flexibility index (Phi) is 4.07. The van der Waals surface area contributed by atoms with Gasteiger partial charge in [0.05, 0.1) is 12.7 Å². The first-order chi connectivity index (χ1) is 6.12. The molecule has 0 radical (unpaired) electrons. The fourth-order valence-corrected chi connectivity index (χ4v) is 2.66. The van der Waals surface area contributed by atoms with Crippen molar-refractivity contribution < 1.29 is 10.2 Å². The molecule has 0 heterocycles. The van der Waals surface area contributed by atoms with E-state index >= 15 is 0 Å². The zero-order valence-corrected chi connectivity index (χ0v) is 10.1. The Morgan fingerprint density at radius 3 is 2.00 bits per heavy atom. The van der Waals surface area contributed by atoms with Crippen molar-refractivity contribution in [3.8, 4) is 0 Å². The van der Waals surface area contributed by atoms with E-state index in [0.29, 0.717) is 0 Å². The highest BCUT2D eigenvalue weighted by Crippen LogP contribution is 2.42. The Hall–Kier alpha value is 0.270. The van der Waals surface area contributed by atoms with Gasteiger partial charge in [-0.15, -0.1) is 0 Å². The summed E-state index contributed by atoms with van der Waals surface area (Å²) in [5.41, 5.74) is 0. The summed E-state index contributed by atoms with van der Waals surface area (Å²) in [5.74, 6) is 0. The van der Waals surface area contributed by atoms with E-state index in [0.717, 1.165) is 9.78 Å². The van der Waals surface area contributed by atoms with Crippen molar-refractivity contribution in [2.75, 3.05) is 12.7 Å². The molecular formula is C8H10BrO2PS. The summed E-state index contributed by atoms with van der Waals surface area (Å²) in [5, 5.41) is 19.0. The van der Waals surface area contributed by atoms with E-state index < -0.39 is 6.04 Å². The van der Waals surface area contributed by atoms with E-state index in [1.807, 2.05) is 24.3 Å². The lowest BCUT2D eigenvalue weighted by Crippen LogP contribution is -2.09. The summed E-state index contributed by atoms with van der Waals surface area (Å²) < 4.78 is 0.966. The van der Waals surface area contributed by atoms with Gasteiger partial charge in [-0.3, -0.25) is 0 Å². The molecule has 0 fully saturated rings. The number of aliphatic hydroxyl groups is 2. The molecule has 2 nitrogen and oxygen atoms in total. The van der Waals surface area contributed by atoms with Crippen LogP contribution in [-0.2, 0) is 11.8 Å². The van der Waals surface area contributed by atoms with E-state index in [2.05, 4.69) is 15.9 Å². The van der Waals surface area contributed by atoms with Crippen LogP contribution in [0.5, 0.6) is 0 Å². The maximum absolute atomic E-state index is 9.08. The molecule has 1 rings (SSSR count). The SMILES string of the molecule is OCP(=S)(CO)c1ccc(Br)cc1. The normalized spacial score (nSPS) is 11.6. The topological polar surface area (TPSA) is 40.5 Å². The molecule has 0 amide bonds. The van der Waals surface area contributed by atoms with E-state index in [-0.39, 0.29) is 12.7 Å². The van der Waals surface area contributed by atoms with Gasteiger partial charge in [0.2, 0.25) is 0 Å². The second-order valence-corrected chi connectivity index (χ2v) is 8.52. The molecule has 2 N–H and O–H groups in total. The van der Waals surface area contributed by atoms with Crippen molar-refractivity contribution in [2.24, 2.45) is 0 Å². The van der Waals surface area contributed by atoms with Crippen molar-refractivity contribution in [1.29, 1.82) is 0 Å². The quantitative estimate of drug-likeness (QED) is 0.824. The lowest BCUT2D eigenvalue weighted by atomic mass is 10.4. The Balaban J connectivity index is 3.07. The van der Waals surface area contributed by atoms with Gasteiger partial charge in [0, 0.05) is 10.5 Å². The molecule has 13 heavy (non-hydrogen) atoms. The van der Waals surface area contributed by atoms with Crippen molar-refractivity contribution in [3.63, 3.8) is 0 Å². The molecule has 0 aliphatic rings. The third-order valence-electron chi connectivity index (χ3n) is 1.75. The second kappa shape index (κ2) is 4.67. The smallest absolute Gasteiger partial charge is 0.0776 e. The number of benzene rings is 1. The highest BCUT2D eigenvalue weighted by molar-refractivity contribution is 9.10. The van der Waals surface area contributed by atoms with Crippen LogP contribution in [0.25, 0.3) is 0 Å². The van der Waals surface area contributed by atoms with Crippen LogP contribution in [-0.4, -0.2) is 22.9 Å². The molecular weight excluding hydrogens is 271 g/mol. The van der Waals surface area contributed by atoms with E-state index in [4.69, 9.17) is 22.0 Å². The monoisotopic (exact) mass is 280 g/mol. The van der Waals surface area contributed by atoms with Gasteiger partial charge in [-0.25, -0.2) is 0 Å². The first kappa shape index (κ1) is 11.3. The fraction of sp³-hybridized carbons (Fsp3) is 0.250. The lowest BCUT2D eigenvalue weighted by Gasteiger charge is -2.16. The second-order valence-electron chi connectivity index (χ2n) is 2.65. The number of hydrogen-bond acceptors (Lipinski definition) is 3. The molecule has 0 unspecified atom stereocenters. The van der Waals surface area contributed by atoms with Crippen LogP contribution in [0.2, 0.25) is 0 Å². The van der Waals surface area contributed by atoms with Crippen molar-refractivity contribution >= 4 is 39.1 Å². The zero-order valence-electron chi connectivity index (χ0n) is 6.85. The highest BCUT2D eigenvalue weighted by atomic mass is 79.9. The van der Waals surface area contributed by atoms with Crippen molar-refractivity contribution in [3.05, 3.63) is 28.7 Å². The van der Waals surface area contributed by atoms with Crippen LogP contribution in [0.1, 0.15) is 0 Å². The minimum atomic E-state index is -2.13. The molecule has 0 saturated heterocycles. The van der Waals surface area contributed by atoms with Crippen LogP contribution in [0.4, 0.5) is 0 Å². The van der Waals surface area contributed by atoms with Gasteiger partial charge in [-0.1, -0.05) is 39.9 Å². The van der Waals surface area contributed by atoms with Crippen molar-refractivity contribution in [1.82, 2.24) is 0 Å². The largest absolute Gasteiger partial charge is 0.391 e. The maximum atomic E-state index is 9.08. The Bertz CT molecular complexity index is 317. The van der Waals surface area contributed by atoms with Crippen molar-refractivity contribution in [2.45, 2.75) is 0 Å². The Morgan fingerprint density at radius 2 is 1.62 bits per heavy atom. The van der Waals surface area contributed by atoms with Gasteiger partial charge < -0.3 is 10.2 Å². The maximum Gasteiger partial charge on any atom is 0.0776 e. The average molecular weight is 281 g/mol. The number of rotatable bonds is 3. The zero-order chi connectivity index (χ0) is 9.90. The summed E-state index contributed by atoms with van der Waals surface area (Å²) in [4.78, 5) is 0. The molecule has 0 saturated carbocycles. The first-order valence-electron chi connectivity index (χ1n) is 3.68. The van der Waals surface area contributed by atoms with Gasteiger partial charge in [0.25, 0.3) is 0 Å². The predicted molar refractivity (Wildman–Crippen MR) is 62.2 cm³/mol. The molecule has 72 valence electrons. The molecule has 5 heteroatoms. The van der Waals surface area contributed by atoms with E-state index in [1.54, 1.807) is 0 Å². The number of halogens is 1. The lowest BCUT2D eigenvalue weighted by molar-refractivity contribution is 0.345. The predicted octanol–water partition coefficient (Wildman–Crippen LogP) is 1.45. The number of aliphatic hydroxyl groups excluding tert-OH is 2. The minimum Gasteiger partial charge on any atom is -0.391 e. The molecule has 0 aromatic heterocycles. The molecule has 0 aliphatic heterocycles. The van der Waals surface area contributed by atoms with Crippen LogP contribution in [0.15, 0.2) is 28.7 Å². The summed E-state index contributed by atoms with van der Waals surface area (Å²) in [6.45, 7) is 0. The molecule has 1 aromatic carbocycles. The van der Waals surface area contributed by atoms with Gasteiger partial charge in [0.1, 0.15) is 0 Å². The van der Waals surface area contributed by atoms with E-state index in [9.17, 15) is 0 Å². The van der Waals surface area contributed by atoms with Crippen LogP contribution >= 0.6 is 22.0 Å². The minimum absolute atomic E-state index is 0.125. The molecule has 0 spiro atoms. The van der Waals surface area contributed by atoms with Crippen LogP contribution < -0.4 is 5.30 Å². The van der Waals surface area contributed by atoms with Crippen LogP contribution in [0.3, 0.4) is 0 Å². The van der Waals surface area contributed by atoms with Crippen LogP contribution in [0, 0.1) is 0 Å². The Labute approximate surface area is 90.7 Å². The molecule has 0 aliphatic carbocycles. The summed E-state index contributed by atoms with van der Waals surface area (Å²) >= 11 is 8.52. The summed E-state index contributed by atoms with van der Waals surface area (Å²) in [7, 11) is 0.